The molecule has 2 N–H and O–H groups in total. The van der Waals surface area contributed by atoms with E-state index in [-0.39, 0.29) is 24.9 Å². The van der Waals surface area contributed by atoms with E-state index >= 15 is 0 Å². The van der Waals surface area contributed by atoms with Gasteiger partial charge in [-0.15, -0.1) is 0 Å². The third kappa shape index (κ3) is 3.41. The molecule has 2 fully saturated rings. The first-order valence-electron chi connectivity index (χ1n) is 6.87. The third-order valence-corrected chi connectivity index (χ3v) is 6.28. The van der Waals surface area contributed by atoms with E-state index < -0.39 is 27.0 Å². The number of hydrogen-bond donors (Lipinski definition) is 2. The second kappa shape index (κ2) is 5.99. The highest BCUT2D eigenvalue weighted by atomic mass is 32.2. The molecular formula is C12H20N2O5S. The normalized spacial score (nSPS) is 29.1. The van der Waals surface area contributed by atoms with Gasteiger partial charge in [-0.05, 0) is 25.7 Å². The molecule has 2 rings (SSSR count). The van der Waals surface area contributed by atoms with Gasteiger partial charge >= 0.3 is 12.0 Å². The van der Waals surface area contributed by atoms with Crippen molar-refractivity contribution in [2.45, 2.75) is 30.9 Å². The van der Waals surface area contributed by atoms with Crippen LogP contribution in [-0.2, 0) is 14.6 Å². The molecule has 0 bridgehead atoms. The molecule has 2 aliphatic rings. The summed E-state index contributed by atoms with van der Waals surface area (Å²) in [6.07, 6.45) is 2.47. The zero-order valence-electron chi connectivity index (χ0n) is 11.2. The zero-order chi connectivity index (χ0) is 14.8. The van der Waals surface area contributed by atoms with Gasteiger partial charge in [-0.3, -0.25) is 4.79 Å². The highest BCUT2D eigenvalue weighted by Crippen LogP contribution is 2.20. The molecular weight excluding hydrogens is 284 g/mol. The van der Waals surface area contributed by atoms with Gasteiger partial charge in [0, 0.05) is 19.6 Å². The lowest BCUT2D eigenvalue weighted by Crippen LogP contribution is -2.48. The fourth-order valence-corrected chi connectivity index (χ4v) is 4.53. The van der Waals surface area contributed by atoms with Gasteiger partial charge in [0.1, 0.15) is 0 Å². The molecule has 2 atom stereocenters. The standard InChI is InChI=1S/C12H20N2O5S/c15-11(16)9-3-1-5-14(8-9)12(17)13-7-10-4-2-6-20(10,18)19/h9-10H,1-8H2,(H,13,17)(H,15,16)/t9-,10?/m1/s1. The number of aliphatic carboxylic acids is 1. The Morgan fingerprint density at radius 1 is 1.25 bits per heavy atom. The molecule has 2 heterocycles. The molecule has 2 amide bonds. The van der Waals surface area contributed by atoms with Crippen molar-refractivity contribution >= 4 is 21.8 Å². The van der Waals surface area contributed by atoms with Crippen LogP contribution < -0.4 is 5.32 Å². The van der Waals surface area contributed by atoms with E-state index in [1.54, 1.807) is 0 Å². The summed E-state index contributed by atoms with van der Waals surface area (Å²) in [5.74, 6) is -1.22. The van der Waals surface area contributed by atoms with Gasteiger partial charge in [0.25, 0.3) is 0 Å². The minimum Gasteiger partial charge on any atom is -0.481 e. The first-order chi connectivity index (χ1) is 9.40. The van der Waals surface area contributed by atoms with Crippen molar-refractivity contribution in [3.63, 3.8) is 0 Å². The van der Waals surface area contributed by atoms with Crippen LogP contribution in [0.2, 0.25) is 0 Å². The zero-order valence-corrected chi connectivity index (χ0v) is 12.1. The maximum atomic E-state index is 12.0. The first kappa shape index (κ1) is 15.1. The Kier molecular flexibility index (Phi) is 4.52. The predicted molar refractivity (Wildman–Crippen MR) is 72.1 cm³/mol. The molecule has 20 heavy (non-hydrogen) atoms. The largest absolute Gasteiger partial charge is 0.481 e. The van der Waals surface area contributed by atoms with Crippen LogP contribution >= 0.6 is 0 Å². The minimum atomic E-state index is -3.07. The number of carbonyl (C=O) groups is 2. The number of nitrogens with zero attached hydrogens (tertiary/aromatic N) is 1. The third-order valence-electron chi connectivity index (χ3n) is 4.00. The van der Waals surface area contributed by atoms with E-state index in [2.05, 4.69) is 5.32 Å². The van der Waals surface area contributed by atoms with Crippen LogP contribution in [0.5, 0.6) is 0 Å². The molecule has 114 valence electrons. The Bertz CT molecular complexity index is 490. The second-order valence-electron chi connectivity index (χ2n) is 5.44. The Balaban J connectivity index is 1.84. The first-order valence-corrected chi connectivity index (χ1v) is 8.59. The maximum Gasteiger partial charge on any atom is 0.317 e. The molecule has 2 aliphatic heterocycles. The highest BCUT2D eigenvalue weighted by molar-refractivity contribution is 7.92. The molecule has 0 aromatic rings. The van der Waals surface area contributed by atoms with E-state index in [0.29, 0.717) is 32.2 Å². The summed E-state index contributed by atoms with van der Waals surface area (Å²) in [5.41, 5.74) is 0. The van der Waals surface area contributed by atoms with Crippen molar-refractivity contribution in [3.8, 4) is 0 Å². The summed E-state index contributed by atoms with van der Waals surface area (Å²) in [5, 5.41) is 11.1. The fourth-order valence-electron chi connectivity index (χ4n) is 2.76. The number of likely N-dealkylation sites (tertiary alicyclic amines) is 1. The molecule has 0 aliphatic carbocycles. The van der Waals surface area contributed by atoms with Gasteiger partial charge in [0.05, 0.1) is 16.9 Å². The molecule has 0 aromatic carbocycles. The summed E-state index contributed by atoms with van der Waals surface area (Å²) in [4.78, 5) is 24.4. The van der Waals surface area contributed by atoms with E-state index in [1.165, 1.54) is 4.90 Å². The van der Waals surface area contributed by atoms with Gasteiger partial charge in [-0.1, -0.05) is 0 Å². The van der Waals surface area contributed by atoms with Gasteiger partial charge in [0.2, 0.25) is 0 Å². The van der Waals surface area contributed by atoms with Crippen molar-refractivity contribution in [1.82, 2.24) is 10.2 Å². The number of carboxylic acids is 1. The second-order valence-corrected chi connectivity index (χ2v) is 7.84. The fraction of sp³-hybridized carbons (Fsp3) is 0.833. The number of rotatable bonds is 3. The van der Waals surface area contributed by atoms with Crippen molar-refractivity contribution in [2.24, 2.45) is 5.92 Å². The number of carbonyl (C=O) groups excluding carboxylic acids is 1. The van der Waals surface area contributed by atoms with Crippen molar-refractivity contribution in [2.75, 3.05) is 25.4 Å². The smallest absolute Gasteiger partial charge is 0.317 e. The van der Waals surface area contributed by atoms with Gasteiger partial charge in [0.15, 0.2) is 9.84 Å². The molecule has 2 saturated heterocycles. The van der Waals surface area contributed by atoms with Gasteiger partial charge < -0.3 is 15.3 Å². The average Bonchev–Trinajstić information content (AvgIpc) is 2.75. The number of piperidine rings is 1. The quantitative estimate of drug-likeness (QED) is 0.768. The van der Waals surface area contributed by atoms with Crippen LogP contribution in [0.4, 0.5) is 4.79 Å². The number of hydrogen-bond acceptors (Lipinski definition) is 4. The van der Waals surface area contributed by atoms with Crippen molar-refractivity contribution in [1.29, 1.82) is 0 Å². The van der Waals surface area contributed by atoms with Crippen LogP contribution in [0, 0.1) is 5.92 Å². The topological polar surface area (TPSA) is 104 Å². The monoisotopic (exact) mass is 304 g/mol. The predicted octanol–water partition coefficient (Wildman–Crippen LogP) is 0.0698. The van der Waals surface area contributed by atoms with Crippen LogP contribution in [-0.4, -0.2) is 61.1 Å². The molecule has 1 unspecified atom stereocenters. The molecule has 0 radical (unpaired) electrons. The van der Waals surface area contributed by atoms with E-state index in [9.17, 15) is 18.0 Å². The molecule has 0 spiro atoms. The number of amides is 2. The lowest BCUT2D eigenvalue weighted by atomic mass is 9.99. The Labute approximate surface area is 118 Å². The van der Waals surface area contributed by atoms with Crippen LogP contribution in [0.25, 0.3) is 0 Å². The molecule has 0 saturated carbocycles. The highest BCUT2D eigenvalue weighted by Gasteiger charge is 2.33. The lowest BCUT2D eigenvalue weighted by Gasteiger charge is -2.31. The van der Waals surface area contributed by atoms with Crippen LogP contribution in [0.15, 0.2) is 0 Å². The maximum absolute atomic E-state index is 12.0. The van der Waals surface area contributed by atoms with Crippen LogP contribution in [0.3, 0.4) is 0 Å². The Hall–Kier alpha value is -1.31. The Morgan fingerprint density at radius 3 is 2.60 bits per heavy atom. The SMILES string of the molecule is O=C(O)[C@@H]1CCCN(C(=O)NCC2CCCS2(=O)=O)C1. The molecule has 0 aromatic heterocycles. The number of nitrogens with one attached hydrogen (secondary N) is 1. The molecule has 7 nitrogen and oxygen atoms in total. The minimum absolute atomic E-state index is 0.120. The Morgan fingerprint density at radius 2 is 2.00 bits per heavy atom. The average molecular weight is 304 g/mol. The van der Waals surface area contributed by atoms with Crippen molar-refractivity contribution < 1.29 is 23.1 Å². The van der Waals surface area contributed by atoms with Gasteiger partial charge in [-0.25, -0.2) is 13.2 Å². The summed E-state index contributed by atoms with van der Waals surface area (Å²) in [7, 11) is -3.07. The van der Waals surface area contributed by atoms with Crippen molar-refractivity contribution in [3.05, 3.63) is 0 Å². The lowest BCUT2D eigenvalue weighted by molar-refractivity contribution is -0.143. The van der Waals surface area contributed by atoms with E-state index in [4.69, 9.17) is 5.11 Å². The van der Waals surface area contributed by atoms with E-state index in [1.807, 2.05) is 0 Å². The van der Waals surface area contributed by atoms with Crippen LogP contribution in [0.1, 0.15) is 25.7 Å². The summed E-state index contributed by atoms with van der Waals surface area (Å²) in [6, 6.07) is -0.363. The van der Waals surface area contributed by atoms with Gasteiger partial charge in [-0.2, -0.15) is 0 Å². The summed E-state index contributed by atoms with van der Waals surface area (Å²) >= 11 is 0. The number of sulfone groups is 1. The number of urea groups is 1. The summed E-state index contributed by atoms with van der Waals surface area (Å²) < 4.78 is 23.3. The number of carboxylic acid groups (broad SMARTS) is 1. The molecule has 8 heteroatoms. The van der Waals surface area contributed by atoms with E-state index in [0.717, 1.165) is 0 Å². The summed E-state index contributed by atoms with van der Waals surface area (Å²) in [6.45, 7) is 0.834.